The van der Waals surface area contributed by atoms with Crippen molar-refractivity contribution < 1.29 is 7.65 Å². The van der Waals surface area contributed by atoms with Crippen LogP contribution in [0.1, 0.15) is 60.6 Å². The highest BCUT2D eigenvalue weighted by Crippen LogP contribution is 2.42. The molecular formula is C24H31ClN2O. The van der Waals surface area contributed by atoms with Crippen LogP contribution in [0.25, 0.3) is 10.9 Å². The molecule has 1 saturated carbocycles. The molecule has 0 radical (unpaired) electrons. The fourth-order valence-electron chi connectivity index (χ4n) is 4.26. The van der Waals surface area contributed by atoms with E-state index in [1.54, 1.807) is 0 Å². The summed E-state index contributed by atoms with van der Waals surface area (Å²) in [6.45, 7) is 6.57. The molecule has 4 heteroatoms. The van der Waals surface area contributed by atoms with Gasteiger partial charge in [-0.3, -0.25) is 4.79 Å². The van der Waals surface area contributed by atoms with Gasteiger partial charge in [-0.1, -0.05) is 57.3 Å². The number of hydrogen-bond donors (Lipinski definition) is 2. The summed E-state index contributed by atoms with van der Waals surface area (Å²) in [5, 5.41) is 5.01. The van der Waals surface area contributed by atoms with Gasteiger partial charge in [-0.2, -0.15) is 0 Å². The maximum atomic E-state index is 13.4. The average molecular weight is 399 g/mol. The highest BCUT2D eigenvalue weighted by atomic mass is 35.5. The lowest BCUT2D eigenvalue weighted by atomic mass is 9.78. The minimum absolute atomic E-state index is 0. The number of rotatable bonds is 3. The fourth-order valence-corrected chi connectivity index (χ4v) is 4.39. The molecule has 150 valence electrons. The molecule has 0 unspecified atom stereocenters. The van der Waals surface area contributed by atoms with Gasteiger partial charge in [0.05, 0.1) is 5.41 Å². The molecule has 2 N–H and O–H groups in total. The standard InChI is InChI=1S/C24H27ClN2O.2H2/c1-23(2,3)21-15-16-14-19(10-11-20(16)27-21)26-22(28)24(12-4-5-13-24)17-6-8-18(25)9-7-17;;/h6-11,14-15,27H,4-5,12-13H2,1-3H3,(H,26,28);2*1H. The molecule has 3 aromatic rings. The fraction of sp³-hybridized carbons (Fsp3) is 0.375. The quantitative estimate of drug-likeness (QED) is 0.487. The van der Waals surface area contributed by atoms with Gasteiger partial charge in [-0.15, -0.1) is 0 Å². The Bertz CT molecular complexity index is 1020. The minimum Gasteiger partial charge on any atom is -0.358 e. The molecule has 1 aliphatic carbocycles. The number of anilines is 1. The van der Waals surface area contributed by atoms with E-state index in [1.165, 1.54) is 5.69 Å². The van der Waals surface area contributed by atoms with Crippen molar-refractivity contribution in [1.82, 2.24) is 4.98 Å². The molecule has 0 saturated heterocycles. The molecule has 0 atom stereocenters. The number of aromatic nitrogens is 1. The summed E-state index contributed by atoms with van der Waals surface area (Å²) < 4.78 is 0. The molecular weight excluding hydrogens is 368 g/mol. The van der Waals surface area contributed by atoms with Crippen LogP contribution in [0.5, 0.6) is 0 Å². The Morgan fingerprint density at radius 3 is 2.39 bits per heavy atom. The lowest BCUT2D eigenvalue weighted by Gasteiger charge is -2.28. The number of nitrogens with one attached hydrogen (secondary N) is 2. The van der Waals surface area contributed by atoms with E-state index in [-0.39, 0.29) is 14.2 Å². The van der Waals surface area contributed by atoms with Crippen LogP contribution in [0.15, 0.2) is 48.5 Å². The molecule has 3 nitrogen and oxygen atoms in total. The van der Waals surface area contributed by atoms with E-state index in [2.05, 4.69) is 43.2 Å². The van der Waals surface area contributed by atoms with Crippen molar-refractivity contribution in [3.8, 4) is 0 Å². The van der Waals surface area contributed by atoms with E-state index < -0.39 is 5.41 Å². The Balaban J connectivity index is 0.00000160. The lowest BCUT2D eigenvalue weighted by Crippen LogP contribution is -2.37. The number of aromatic amines is 1. The van der Waals surface area contributed by atoms with Gasteiger partial charge in [0, 0.05) is 35.6 Å². The summed E-state index contributed by atoms with van der Waals surface area (Å²) in [5.74, 6) is 0.0817. The van der Waals surface area contributed by atoms with Gasteiger partial charge in [-0.25, -0.2) is 0 Å². The number of benzene rings is 2. The summed E-state index contributed by atoms with van der Waals surface area (Å²) in [4.78, 5) is 16.9. The van der Waals surface area contributed by atoms with Gasteiger partial charge >= 0.3 is 0 Å². The maximum Gasteiger partial charge on any atom is 0.235 e. The van der Waals surface area contributed by atoms with Gasteiger partial charge in [0.1, 0.15) is 0 Å². The third-order valence-electron chi connectivity index (χ3n) is 5.98. The Hall–Kier alpha value is -2.26. The lowest BCUT2D eigenvalue weighted by molar-refractivity contribution is -0.121. The first-order valence-electron chi connectivity index (χ1n) is 9.99. The molecule has 1 aliphatic rings. The van der Waals surface area contributed by atoms with Gasteiger partial charge in [-0.05, 0) is 54.8 Å². The highest BCUT2D eigenvalue weighted by molar-refractivity contribution is 6.30. The van der Waals surface area contributed by atoms with Crippen LogP contribution >= 0.6 is 11.6 Å². The Kier molecular flexibility index (Phi) is 4.75. The topological polar surface area (TPSA) is 44.9 Å². The first kappa shape index (κ1) is 19.1. The first-order chi connectivity index (χ1) is 13.3. The Morgan fingerprint density at radius 1 is 1.07 bits per heavy atom. The zero-order valence-electron chi connectivity index (χ0n) is 16.7. The molecule has 0 aliphatic heterocycles. The second kappa shape index (κ2) is 6.97. The van der Waals surface area contributed by atoms with Gasteiger partial charge < -0.3 is 10.3 Å². The predicted molar refractivity (Wildman–Crippen MR) is 121 cm³/mol. The van der Waals surface area contributed by atoms with E-state index in [9.17, 15) is 4.79 Å². The van der Waals surface area contributed by atoms with Crippen LogP contribution in [-0.2, 0) is 15.6 Å². The van der Waals surface area contributed by atoms with Crippen LogP contribution in [0, 0.1) is 0 Å². The van der Waals surface area contributed by atoms with Crippen LogP contribution in [0.2, 0.25) is 5.02 Å². The summed E-state index contributed by atoms with van der Waals surface area (Å²) in [5.41, 5.74) is 3.79. The van der Waals surface area contributed by atoms with Gasteiger partial charge in [0.2, 0.25) is 5.91 Å². The highest BCUT2D eigenvalue weighted by Gasteiger charge is 2.42. The summed E-state index contributed by atoms with van der Waals surface area (Å²) in [6.07, 6.45) is 3.89. The molecule has 4 rings (SSSR count). The molecule has 1 fully saturated rings. The van der Waals surface area contributed by atoms with E-state index in [0.29, 0.717) is 5.02 Å². The molecule has 1 heterocycles. The number of carbonyl (C=O) groups excluding carboxylic acids is 1. The largest absolute Gasteiger partial charge is 0.358 e. The third-order valence-corrected chi connectivity index (χ3v) is 6.23. The first-order valence-corrected chi connectivity index (χ1v) is 10.4. The SMILES string of the molecule is CC(C)(C)c1cc2cc(NC(=O)C3(c4ccc(Cl)cc4)CCCC3)ccc2[nH]1.[HH].[HH]. The van der Waals surface area contributed by atoms with Crippen molar-refractivity contribution >= 4 is 34.1 Å². The molecule has 2 aromatic carbocycles. The number of hydrogen-bond acceptors (Lipinski definition) is 1. The van der Waals surface area contributed by atoms with Crippen molar-refractivity contribution in [3.05, 3.63) is 64.8 Å². The smallest absolute Gasteiger partial charge is 0.235 e. The minimum atomic E-state index is -0.464. The number of carbonyl (C=O) groups is 1. The van der Waals surface area contributed by atoms with Gasteiger partial charge in [0.15, 0.2) is 0 Å². The maximum absolute atomic E-state index is 13.4. The van der Waals surface area contributed by atoms with E-state index in [4.69, 9.17) is 11.6 Å². The number of H-pyrrole nitrogens is 1. The molecule has 28 heavy (non-hydrogen) atoms. The third kappa shape index (κ3) is 3.44. The Morgan fingerprint density at radius 2 is 1.75 bits per heavy atom. The van der Waals surface area contributed by atoms with Crippen molar-refractivity contribution in [1.29, 1.82) is 0 Å². The number of halogens is 1. The average Bonchev–Trinajstić information content (AvgIpc) is 3.29. The second-order valence-electron chi connectivity index (χ2n) is 8.99. The van der Waals surface area contributed by atoms with Crippen LogP contribution < -0.4 is 5.32 Å². The second-order valence-corrected chi connectivity index (χ2v) is 9.42. The number of amides is 1. The van der Waals surface area contributed by atoms with Crippen LogP contribution in [0.3, 0.4) is 0 Å². The van der Waals surface area contributed by atoms with E-state index >= 15 is 0 Å². The zero-order valence-corrected chi connectivity index (χ0v) is 17.5. The molecule has 1 amide bonds. The monoisotopic (exact) mass is 398 g/mol. The molecule has 1 aromatic heterocycles. The van der Waals surface area contributed by atoms with Gasteiger partial charge in [0.25, 0.3) is 0 Å². The summed E-state index contributed by atoms with van der Waals surface area (Å²) >= 11 is 6.06. The molecule has 0 spiro atoms. The summed E-state index contributed by atoms with van der Waals surface area (Å²) in [7, 11) is 0. The van der Waals surface area contributed by atoms with Crippen molar-refractivity contribution in [2.45, 2.75) is 57.3 Å². The van der Waals surface area contributed by atoms with Crippen molar-refractivity contribution in [2.24, 2.45) is 0 Å². The van der Waals surface area contributed by atoms with E-state index in [0.717, 1.165) is 47.8 Å². The predicted octanol–water partition coefficient (Wildman–Crippen LogP) is 7.06. The summed E-state index contributed by atoms with van der Waals surface area (Å²) in [6, 6.07) is 16.0. The van der Waals surface area contributed by atoms with Crippen molar-refractivity contribution in [3.63, 3.8) is 0 Å². The number of fused-ring (bicyclic) bond motifs is 1. The zero-order chi connectivity index (χ0) is 19.9. The normalized spacial score (nSPS) is 16.4. The Labute approximate surface area is 174 Å². The molecule has 0 bridgehead atoms. The van der Waals surface area contributed by atoms with Crippen molar-refractivity contribution in [2.75, 3.05) is 5.32 Å². The van der Waals surface area contributed by atoms with Crippen LogP contribution in [0.4, 0.5) is 5.69 Å². The van der Waals surface area contributed by atoms with E-state index in [1.807, 2.05) is 36.4 Å². The van der Waals surface area contributed by atoms with Crippen LogP contribution in [-0.4, -0.2) is 10.9 Å².